The number of aryl methyl sites for hydroxylation is 1. The van der Waals surface area contributed by atoms with Crippen molar-refractivity contribution in [2.75, 3.05) is 5.32 Å². The SMILES string of the molecule is Cc1ccc(C(C)Nc2ccc(F)cc2I)c(O)c1. The fourth-order valence-electron chi connectivity index (χ4n) is 1.94. The van der Waals surface area contributed by atoms with Gasteiger partial charge in [0.2, 0.25) is 0 Å². The van der Waals surface area contributed by atoms with E-state index in [-0.39, 0.29) is 17.6 Å². The van der Waals surface area contributed by atoms with Crippen molar-refractivity contribution in [2.24, 2.45) is 0 Å². The molecule has 0 bridgehead atoms. The van der Waals surface area contributed by atoms with Crippen molar-refractivity contribution in [3.63, 3.8) is 0 Å². The Morgan fingerprint density at radius 2 is 1.95 bits per heavy atom. The molecule has 2 nitrogen and oxygen atoms in total. The minimum absolute atomic E-state index is 0.0559. The summed E-state index contributed by atoms with van der Waals surface area (Å²) in [5, 5.41) is 13.2. The van der Waals surface area contributed by atoms with Crippen molar-refractivity contribution in [3.8, 4) is 5.75 Å². The van der Waals surface area contributed by atoms with E-state index in [9.17, 15) is 9.50 Å². The van der Waals surface area contributed by atoms with Crippen LogP contribution in [-0.4, -0.2) is 5.11 Å². The summed E-state index contributed by atoms with van der Waals surface area (Å²) >= 11 is 2.09. The number of phenolic OH excluding ortho intramolecular Hbond substituents is 1. The first-order chi connectivity index (χ1) is 8.97. The van der Waals surface area contributed by atoms with Gasteiger partial charge in [0.15, 0.2) is 0 Å². The molecule has 2 aromatic rings. The standard InChI is InChI=1S/C15H15FINO/c1-9-3-5-12(15(19)7-9)10(2)18-14-6-4-11(16)8-13(14)17/h3-8,10,18-19H,1-2H3. The summed E-state index contributed by atoms with van der Waals surface area (Å²) in [6.07, 6.45) is 0. The van der Waals surface area contributed by atoms with Crippen LogP contribution in [0.2, 0.25) is 0 Å². The zero-order chi connectivity index (χ0) is 14.0. The Balaban J connectivity index is 2.23. The van der Waals surface area contributed by atoms with Gasteiger partial charge in [-0.05, 0) is 66.3 Å². The molecule has 0 aromatic heterocycles. The number of rotatable bonds is 3. The first kappa shape index (κ1) is 14.1. The third kappa shape index (κ3) is 3.37. The largest absolute Gasteiger partial charge is 0.508 e. The molecule has 0 heterocycles. The second kappa shape index (κ2) is 5.77. The van der Waals surface area contributed by atoms with Crippen LogP contribution < -0.4 is 5.32 Å². The van der Waals surface area contributed by atoms with Crippen LogP contribution in [0, 0.1) is 16.3 Å². The molecule has 0 radical (unpaired) electrons. The summed E-state index contributed by atoms with van der Waals surface area (Å²) < 4.78 is 13.9. The molecule has 0 saturated heterocycles. The van der Waals surface area contributed by atoms with E-state index in [4.69, 9.17) is 0 Å². The summed E-state index contributed by atoms with van der Waals surface area (Å²) in [5.41, 5.74) is 2.70. The average Bonchev–Trinajstić information content (AvgIpc) is 2.32. The number of phenols is 1. The predicted octanol–water partition coefficient (Wildman–Crippen LogP) is 4.62. The molecule has 2 rings (SSSR count). The molecule has 2 N–H and O–H groups in total. The van der Waals surface area contributed by atoms with E-state index in [0.29, 0.717) is 0 Å². The molecular weight excluding hydrogens is 356 g/mol. The number of aromatic hydroxyl groups is 1. The Morgan fingerprint density at radius 1 is 1.21 bits per heavy atom. The zero-order valence-corrected chi connectivity index (χ0v) is 12.9. The molecule has 100 valence electrons. The van der Waals surface area contributed by atoms with Crippen molar-refractivity contribution >= 4 is 28.3 Å². The van der Waals surface area contributed by atoms with Gasteiger partial charge >= 0.3 is 0 Å². The number of nitrogens with one attached hydrogen (secondary N) is 1. The third-order valence-corrected chi connectivity index (χ3v) is 3.85. The zero-order valence-electron chi connectivity index (χ0n) is 10.7. The van der Waals surface area contributed by atoms with E-state index >= 15 is 0 Å². The Hall–Kier alpha value is -1.30. The van der Waals surface area contributed by atoms with Gasteiger partial charge in [-0.15, -0.1) is 0 Å². The maximum Gasteiger partial charge on any atom is 0.124 e. The number of hydrogen-bond acceptors (Lipinski definition) is 2. The van der Waals surface area contributed by atoms with Crippen molar-refractivity contribution in [1.29, 1.82) is 0 Å². The minimum atomic E-state index is -0.249. The fraction of sp³-hybridized carbons (Fsp3) is 0.200. The lowest BCUT2D eigenvalue weighted by molar-refractivity contribution is 0.465. The molecular formula is C15H15FINO. The number of benzene rings is 2. The fourth-order valence-corrected chi connectivity index (χ4v) is 2.57. The number of halogens is 2. The van der Waals surface area contributed by atoms with E-state index in [0.717, 1.165) is 20.4 Å². The van der Waals surface area contributed by atoms with E-state index in [1.807, 2.05) is 26.0 Å². The summed E-state index contributed by atoms with van der Waals surface area (Å²) in [4.78, 5) is 0. The van der Waals surface area contributed by atoms with Gasteiger partial charge in [0.05, 0.1) is 6.04 Å². The van der Waals surface area contributed by atoms with Crippen LogP contribution in [0.25, 0.3) is 0 Å². The lowest BCUT2D eigenvalue weighted by Gasteiger charge is -2.18. The molecule has 0 saturated carbocycles. The van der Waals surface area contributed by atoms with Crippen LogP contribution in [0.4, 0.5) is 10.1 Å². The number of anilines is 1. The molecule has 1 atom stereocenters. The highest BCUT2D eigenvalue weighted by Crippen LogP contribution is 2.29. The summed E-state index contributed by atoms with van der Waals surface area (Å²) in [6, 6.07) is 10.2. The Bertz CT molecular complexity index is 601. The van der Waals surface area contributed by atoms with Gasteiger partial charge in [0.25, 0.3) is 0 Å². The van der Waals surface area contributed by atoms with E-state index in [1.165, 1.54) is 12.1 Å². The molecule has 0 amide bonds. The summed E-state index contributed by atoms with van der Waals surface area (Å²) in [5.74, 6) is 0.0258. The van der Waals surface area contributed by atoms with Crippen LogP contribution >= 0.6 is 22.6 Å². The number of hydrogen-bond donors (Lipinski definition) is 2. The summed E-state index contributed by atoms with van der Waals surface area (Å²) in [7, 11) is 0. The Kier molecular flexibility index (Phi) is 4.29. The van der Waals surface area contributed by atoms with Gasteiger partial charge in [-0.25, -0.2) is 4.39 Å². The molecule has 0 spiro atoms. The third-order valence-electron chi connectivity index (χ3n) is 2.96. The van der Waals surface area contributed by atoms with Gasteiger partial charge in [-0.3, -0.25) is 0 Å². The van der Waals surface area contributed by atoms with E-state index in [2.05, 4.69) is 27.9 Å². The molecule has 19 heavy (non-hydrogen) atoms. The van der Waals surface area contributed by atoms with Crippen LogP contribution in [0.1, 0.15) is 24.1 Å². The smallest absolute Gasteiger partial charge is 0.124 e. The van der Waals surface area contributed by atoms with Gasteiger partial charge < -0.3 is 10.4 Å². The molecule has 0 aliphatic rings. The lowest BCUT2D eigenvalue weighted by atomic mass is 10.0. The van der Waals surface area contributed by atoms with Crippen molar-refractivity contribution in [2.45, 2.75) is 19.9 Å². The highest BCUT2D eigenvalue weighted by Gasteiger charge is 2.11. The van der Waals surface area contributed by atoms with Crippen molar-refractivity contribution < 1.29 is 9.50 Å². The maximum absolute atomic E-state index is 13.0. The molecule has 2 aromatic carbocycles. The van der Waals surface area contributed by atoms with Gasteiger partial charge in [-0.1, -0.05) is 12.1 Å². The molecule has 0 aliphatic carbocycles. The highest BCUT2D eigenvalue weighted by atomic mass is 127. The summed E-state index contributed by atoms with van der Waals surface area (Å²) in [6.45, 7) is 3.90. The second-order valence-corrected chi connectivity index (χ2v) is 5.71. The van der Waals surface area contributed by atoms with Crippen LogP contribution in [0.3, 0.4) is 0 Å². The van der Waals surface area contributed by atoms with Gasteiger partial charge in [-0.2, -0.15) is 0 Å². The minimum Gasteiger partial charge on any atom is -0.508 e. The first-order valence-electron chi connectivity index (χ1n) is 5.98. The molecule has 0 aliphatic heterocycles. The van der Waals surface area contributed by atoms with Gasteiger partial charge in [0.1, 0.15) is 11.6 Å². The first-order valence-corrected chi connectivity index (χ1v) is 7.06. The van der Waals surface area contributed by atoms with Crippen LogP contribution in [0.5, 0.6) is 5.75 Å². The molecule has 1 unspecified atom stereocenters. The van der Waals surface area contributed by atoms with Crippen molar-refractivity contribution in [3.05, 3.63) is 56.9 Å². The topological polar surface area (TPSA) is 32.3 Å². The van der Waals surface area contributed by atoms with Gasteiger partial charge in [0, 0.05) is 14.8 Å². The van der Waals surface area contributed by atoms with Crippen molar-refractivity contribution in [1.82, 2.24) is 0 Å². The predicted molar refractivity (Wildman–Crippen MR) is 84.0 cm³/mol. The molecule has 0 fully saturated rings. The highest BCUT2D eigenvalue weighted by molar-refractivity contribution is 14.1. The van der Waals surface area contributed by atoms with Crippen LogP contribution in [-0.2, 0) is 0 Å². The molecule has 4 heteroatoms. The Labute approximate surface area is 125 Å². The van der Waals surface area contributed by atoms with Crippen LogP contribution in [0.15, 0.2) is 36.4 Å². The second-order valence-electron chi connectivity index (χ2n) is 4.55. The van der Waals surface area contributed by atoms with E-state index < -0.39 is 0 Å². The Morgan fingerprint density at radius 3 is 2.58 bits per heavy atom. The van der Waals surface area contributed by atoms with E-state index in [1.54, 1.807) is 12.1 Å². The average molecular weight is 371 g/mol. The monoisotopic (exact) mass is 371 g/mol. The maximum atomic E-state index is 13.0. The normalized spacial score (nSPS) is 12.2. The quantitative estimate of drug-likeness (QED) is 0.772. The lowest BCUT2D eigenvalue weighted by Crippen LogP contribution is -2.08.